The molecule has 1 saturated heterocycles. The molecule has 1 fully saturated rings. The molecule has 2 rings (SSSR count). The zero-order valence-electron chi connectivity index (χ0n) is 14.4. The summed E-state index contributed by atoms with van der Waals surface area (Å²) in [6, 6.07) is 7.45. The van der Waals surface area contributed by atoms with Crippen LogP contribution in [-0.4, -0.2) is 57.2 Å². The predicted octanol–water partition coefficient (Wildman–Crippen LogP) is 1.29. The van der Waals surface area contributed by atoms with E-state index < -0.39 is 10.2 Å². The first-order valence-electron chi connectivity index (χ1n) is 7.91. The number of nitrogens with one attached hydrogen (secondary N) is 1. The molecule has 0 bridgehead atoms. The van der Waals surface area contributed by atoms with Gasteiger partial charge in [0.05, 0.1) is 12.5 Å². The molecule has 1 aromatic rings. The third-order valence-corrected chi connectivity index (χ3v) is 5.96. The Labute approximate surface area is 143 Å². The summed E-state index contributed by atoms with van der Waals surface area (Å²) in [5.41, 5.74) is 1.66. The molecule has 0 aromatic heterocycles. The van der Waals surface area contributed by atoms with Gasteiger partial charge in [0.2, 0.25) is 5.91 Å². The lowest BCUT2D eigenvalue weighted by Gasteiger charge is -2.32. The van der Waals surface area contributed by atoms with Crippen LogP contribution in [0.3, 0.4) is 0 Å². The van der Waals surface area contributed by atoms with Crippen LogP contribution in [0, 0.1) is 5.92 Å². The van der Waals surface area contributed by atoms with E-state index in [0.717, 1.165) is 5.56 Å². The van der Waals surface area contributed by atoms with Crippen molar-refractivity contribution in [2.75, 3.05) is 39.6 Å². The van der Waals surface area contributed by atoms with Gasteiger partial charge in [-0.3, -0.25) is 4.79 Å². The van der Waals surface area contributed by atoms with Crippen molar-refractivity contribution in [2.24, 2.45) is 5.92 Å². The summed E-state index contributed by atoms with van der Waals surface area (Å²) in [6.45, 7) is 1.14. The molecule has 1 aliphatic rings. The van der Waals surface area contributed by atoms with Gasteiger partial charge >= 0.3 is 0 Å². The van der Waals surface area contributed by atoms with E-state index in [1.807, 2.05) is 24.3 Å². The van der Waals surface area contributed by atoms with Crippen molar-refractivity contribution in [1.29, 1.82) is 0 Å². The van der Waals surface area contributed by atoms with E-state index in [0.29, 0.717) is 31.7 Å². The molecule has 134 valence electrons. The maximum Gasteiger partial charge on any atom is 0.281 e. The number of rotatable bonds is 6. The molecule has 1 amide bonds. The number of carbonyl (C=O) groups excluding carboxylic acids is 1. The fourth-order valence-corrected chi connectivity index (χ4v) is 3.94. The van der Waals surface area contributed by atoms with Crippen LogP contribution in [0.15, 0.2) is 24.3 Å². The van der Waals surface area contributed by atoms with Crippen molar-refractivity contribution in [2.45, 2.75) is 19.4 Å². The molecular weight excluding hydrogens is 330 g/mol. The van der Waals surface area contributed by atoms with Gasteiger partial charge in [0.15, 0.2) is 0 Å². The van der Waals surface area contributed by atoms with Crippen molar-refractivity contribution in [1.82, 2.24) is 8.61 Å². The summed E-state index contributed by atoms with van der Waals surface area (Å²) < 4.78 is 32.1. The Hall–Kier alpha value is -1.48. The normalized spacial score (nSPS) is 19.4. The number of piperidine rings is 1. The molecule has 0 unspecified atom stereocenters. The molecule has 24 heavy (non-hydrogen) atoms. The second-order valence-corrected chi connectivity index (χ2v) is 8.25. The van der Waals surface area contributed by atoms with Crippen molar-refractivity contribution in [3.63, 3.8) is 0 Å². The van der Waals surface area contributed by atoms with Crippen LogP contribution in [-0.2, 0) is 26.3 Å². The van der Waals surface area contributed by atoms with Gasteiger partial charge in [-0.25, -0.2) is 0 Å². The number of methoxy groups -OCH3 is 1. The molecule has 1 heterocycles. The molecule has 1 aliphatic heterocycles. The van der Waals surface area contributed by atoms with Gasteiger partial charge in [0.25, 0.3) is 10.2 Å². The molecule has 0 radical (unpaired) electrons. The fourth-order valence-electron chi connectivity index (χ4n) is 2.75. The number of amides is 1. The van der Waals surface area contributed by atoms with Crippen LogP contribution in [0.5, 0.6) is 0 Å². The van der Waals surface area contributed by atoms with Crippen LogP contribution < -0.4 is 5.32 Å². The predicted molar refractivity (Wildman–Crippen MR) is 92.7 cm³/mol. The van der Waals surface area contributed by atoms with E-state index >= 15 is 0 Å². The summed E-state index contributed by atoms with van der Waals surface area (Å²) in [5.74, 6) is -0.497. The van der Waals surface area contributed by atoms with Crippen LogP contribution >= 0.6 is 0 Å². The highest BCUT2D eigenvalue weighted by Crippen LogP contribution is 2.22. The first kappa shape index (κ1) is 18.9. The quantitative estimate of drug-likeness (QED) is 0.834. The first-order chi connectivity index (χ1) is 11.3. The second-order valence-electron chi connectivity index (χ2n) is 6.11. The minimum absolute atomic E-state index is 0.150. The molecule has 7 nitrogen and oxygen atoms in total. The van der Waals surface area contributed by atoms with E-state index in [9.17, 15) is 13.2 Å². The van der Waals surface area contributed by atoms with E-state index in [-0.39, 0.29) is 18.4 Å². The molecule has 8 heteroatoms. The molecule has 0 spiro atoms. The average Bonchev–Trinajstić information content (AvgIpc) is 2.55. The molecule has 1 N–H and O–H groups in total. The Kier molecular flexibility index (Phi) is 6.34. The van der Waals surface area contributed by atoms with E-state index in [1.54, 1.807) is 7.11 Å². The average molecular weight is 355 g/mol. The first-order valence-corrected chi connectivity index (χ1v) is 9.30. The second kappa shape index (κ2) is 8.06. The molecule has 1 atom stereocenters. The Balaban J connectivity index is 2.03. The molecular formula is C16H25N3O4S. The highest BCUT2D eigenvalue weighted by Gasteiger charge is 2.33. The third kappa shape index (κ3) is 4.54. The smallest absolute Gasteiger partial charge is 0.281 e. The molecule has 0 saturated carbocycles. The highest BCUT2D eigenvalue weighted by atomic mass is 32.2. The highest BCUT2D eigenvalue weighted by molar-refractivity contribution is 7.86. The Morgan fingerprint density at radius 3 is 2.83 bits per heavy atom. The number of carbonyl (C=O) groups is 1. The standard InChI is InChI=1S/C16H25N3O4S/c1-18(2)24(21,22)19-9-5-7-14(11-19)16(20)17-15-8-4-6-13(10-15)12-23-3/h4,6,8,10,14H,5,7,9,11-12H2,1-3H3,(H,17,20)/t14-/m1/s1. The molecule has 1 aromatic carbocycles. The van der Waals surface area contributed by atoms with Crippen LogP contribution in [0.1, 0.15) is 18.4 Å². The van der Waals surface area contributed by atoms with Gasteiger partial charge in [-0.2, -0.15) is 17.0 Å². The number of hydrogen-bond donors (Lipinski definition) is 1. The van der Waals surface area contributed by atoms with Crippen LogP contribution in [0.25, 0.3) is 0 Å². The van der Waals surface area contributed by atoms with E-state index in [4.69, 9.17) is 4.74 Å². The molecule has 0 aliphatic carbocycles. The van der Waals surface area contributed by atoms with Crippen LogP contribution in [0.2, 0.25) is 0 Å². The Morgan fingerprint density at radius 1 is 1.42 bits per heavy atom. The topological polar surface area (TPSA) is 79.0 Å². The lowest BCUT2D eigenvalue weighted by Crippen LogP contribution is -2.47. The lowest BCUT2D eigenvalue weighted by molar-refractivity contribution is -0.120. The van der Waals surface area contributed by atoms with Crippen LogP contribution in [0.4, 0.5) is 5.69 Å². The number of anilines is 1. The minimum atomic E-state index is -3.48. The number of nitrogens with zero attached hydrogens (tertiary/aromatic N) is 2. The summed E-state index contributed by atoms with van der Waals surface area (Å²) in [7, 11) is 1.14. The lowest BCUT2D eigenvalue weighted by atomic mass is 9.98. The summed E-state index contributed by atoms with van der Waals surface area (Å²) in [6.07, 6.45) is 1.36. The third-order valence-electron chi connectivity index (χ3n) is 4.05. The van der Waals surface area contributed by atoms with Gasteiger partial charge in [0.1, 0.15) is 0 Å². The van der Waals surface area contributed by atoms with Gasteiger partial charge < -0.3 is 10.1 Å². The minimum Gasteiger partial charge on any atom is -0.380 e. The van der Waals surface area contributed by atoms with Gasteiger partial charge in [-0.1, -0.05) is 12.1 Å². The largest absolute Gasteiger partial charge is 0.380 e. The van der Waals surface area contributed by atoms with Gasteiger partial charge in [-0.15, -0.1) is 0 Å². The van der Waals surface area contributed by atoms with Crippen molar-refractivity contribution < 1.29 is 17.9 Å². The summed E-state index contributed by atoms with van der Waals surface area (Å²) >= 11 is 0. The van der Waals surface area contributed by atoms with Crippen molar-refractivity contribution in [3.8, 4) is 0 Å². The summed E-state index contributed by atoms with van der Waals surface area (Å²) in [4.78, 5) is 12.5. The van der Waals surface area contributed by atoms with E-state index in [1.165, 1.54) is 22.7 Å². The van der Waals surface area contributed by atoms with E-state index in [2.05, 4.69) is 5.32 Å². The zero-order valence-corrected chi connectivity index (χ0v) is 15.2. The Morgan fingerprint density at radius 2 is 2.17 bits per heavy atom. The summed E-state index contributed by atoms with van der Waals surface area (Å²) in [5, 5.41) is 2.88. The number of benzene rings is 1. The maximum absolute atomic E-state index is 12.5. The monoisotopic (exact) mass is 355 g/mol. The maximum atomic E-state index is 12.5. The zero-order chi connectivity index (χ0) is 17.7. The number of ether oxygens (including phenoxy) is 1. The number of hydrogen-bond acceptors (Lipinski definition) is 4. The van der Waals surface area contributed by atoms with Gasteiger partial charge in [0, 0.05) is 40.0 Å². The van der Waals surface area contributed by atoms with Gasteiger partial charge in [-0.05, 0) is 30.5 Å². The SMILES string of the molecule is COCc1cccc(NC(=O)[C@@H]2CCCN(S(=O)(=O)N(C)C)C2)c1. The van der Waals surface area contributed by atoms with Crippen molar-refractivity contribution >= 4 is 21.8 Å². The Bertz CT molecular complexity index is 676. The fraction of sp³-hybridized carbons (Fsp3) is 0.562. The van der Waals surface area contributed by atoms with Crippen molar-refractivity contribution in [3.05, 3.63) is 29.8 Å².